The Bertz CT molecular complexity index is 619. The van der Waals surface area contributed by atoms with Crippen molar-refractivity contribution in [2.24, 2.45) is 0 Å². The van der Waals surface area contributed by atoms with Crippen LogP contribution in [0.2, 0.25) is 25.1 Å². The molecule has 2 aromatic carbocycles. The Morgan fingerprint density at radius 3 is 1.79 bits per heavy atom. The zero-order valence-corrected chi connectivity index (χ0v) is 12.8. The molecule has 19 heavy (non-hydrogen) atoms. The van der Waals surface area contributed by atoms with Gasteiger partial charge in [0.25, 0.3) is 0 Å². The molecule has 2 nitrogen and oxygen atoms in total. The van der Waals surface area contributed by atoms with E-state index in [-0.39, 0.29) is 31.6 Å². The van der Waals surface area contributed by atoms with Gasteiger partial charge in [0.05, 0.1) is 15.1 Å². The highest BCUT2D eigenvalue weighted by Gasteiger charge is 2.16. The Morgan fingerprint density at radius 1 is 0.737 bits per heavy atom. The van der Waals surface area contributed by atoms with E-state index in [4.69, 9.17) is 62.7 Å². The number of benzene rings is 2. The first-order chi connectivity index (χ1) is 8.88. The topological polar surface area (TPSA) is 29.1 Å². The van der Waals surface area contributed by atoms with Gasteiger partial charge in [-0.25, -0.2) is 0 Å². The minimum absolute atomic E-state index is 0.0521. The van der Waals surface area contributed by atoms with E-state index in [9.17, 15) is 5.11 Å². The lowest BCUT2D eigenvalue weighted by Crippen LogP contribution is -1.88. The van der Waals surface area contributed by atoms with Crippen molar-refractivity contribution in [3.05, 3.63) is 49.4 Å². The lowest BCUT2D eigenvalue weighted by atomic mass is 10.3. The van der Waals surface area contributed by atoms with Crippen molar-refractivity contribution in [3.63, 3.8) is 0 Å². The van der Waals surface area contributed by atoms with Crippen LogP contribution in [0.15, 0.2) is 24.3 Å². The Morgan fingerprint density at radius 2 is 1.21 bits per heavy atom. The summed E-state index contributed by atoms with van der Waals surface area (Å²) in [5.41, 5.74) is 0. The van der Waals surface area contributed by atoms with Gasteiger partial charge in [0.2, 0.25) is 5.75 Å². The summed E-state index contributed by atoms with van der Waals surface area (Å²) < 4.78 is 5.38. The van der Waals surface area contributed by atoms with Crippen LogP contribution in [-0.2, 0) is 5.11 Å². The van der Waals surface area contributed by atoms with Gasteiger partial charge in [-0.15, -0.1) is 0 Å². The molecule has 0 aliphatic heterocycles. The van der Waals surface area contributed by atoms with Gasteiger partial charge < -0.3 is 4.74 Å². The normalized spacial score (nSPS) is 10.6. The highest BCUT2D eigenvalue weighted by molar-refractivity contribution is 6.40. The van der Waals surface area contributed by atoms with Crippen molar-refractivity contribution in [2.45, 2.75) is 0 Å². The SMILES string of the molecule is [O]c1c(Cl)cc(Cl)cc1Oc1c(Cl)cc(Cl)cc1Cl. The van der Waals surface area contributed by atoms with Gasteiger partial charge in [-0.1, -0.05) is 58.0 Å². The molecule has 2 aromatic rings. The molecule has 0 saturated carbocycles. The third-order valence-corrected chi connectivity index (χ3v) is 3.43. The average molecular weight is 357 g/mol. The van der Waals surface area contributed by atoms with Crippen LogP contribution in [0.4, 0.5) is 0 Å². The smallest absolute Gasteiger partial charge is 0.239 e. The van der Waals surface area contributed by atoms with E-state index in [2.05, 4.69) is 0 Å². The second-order valence-corrected chi connectivity index (χ2v) is 5.61. The standard InChI is InChI=1S/C12H4Cl5O2/c13-5-2-8(16)12(9(17)3-5)19-10-4-6(14)1-7(15)11(10)18/h1-4H. The monoisotopic (exact) mass is 355 g/mol. The highest BCUT2D eigenvalue weighted by atomic mass is 35.5. The van der Waals surface area contributed by atoms with Crippen molar-refractivity contribution >= 4 is 58.0 Å². The minimum Gasteiger partial charge on any atom is -0.450 e. The van der Waals surface area contributed by atoms with Crippen LogP contribution in [0.25, 0.3) is 0 Å². The summed E-state index contributed by atoms with van der Waals surface area (Å²) in [6, 6.07) is 5.54. The molecule has 7 heteroatoms. The predicted octanol–water partition coefficient (Wildman–Crippen LogP) is 6.89. The van der Waals surface area contributed by atoms with Gasteiger partial charge >= 0.3 is 0 Å². The summed E-state index contributed by atoms with van der Waals surface area (Å²) in [7, 11) is 0. The maximum absolute atomic E-state index is 11.8. The zero-order chi connectivity index (χ0) is 14.2. The van der Waals surface area contributed by atoms with E-state index in [0.717, 1.165) is 0 Å². The van der Waals surface area contributed by atoms with Gasteiger partial charge in [-0.2, -0.15) is 0 Å². The Hall–Kier alpha value is -0.510. The molecule has 0 heterocycles. The fraction of sp³-hybridized carbons (Fsp3) is 0. The minimum atomic E-state index is -0.506. The summed E-state index contributed by atoms with van der Waals surface area (Å²) in [6.45, 7) is 0. The molecule has 0 atom stereocenters. The Kier molecular flexibility index (Phi) is 4.59. The summed E-state index contributed by atoms with van der Waals surface area (Å²) in [5, 5.41) is 12.7. The Balaban J connectivity index is 2.48. The molecule has 0 aromatic heterocycles. The molecule has 1 radical (unpaired) electrons. The van der Waals surface area contributed by atoms with Crippen LogP contribution in [0.3, 0.4) is 0 Å². The predicted molar refractivity (Wildman–Crippen MR) is 78.1 cm³/mol. The molecule has 0 spiro atoms. The fourth-order valence-electron chi connectivity index (χ4n) is 1.35. The molecule has 0 aliphatic rings. The number of halogens is 5. The molecular formula is C12H4Cl5O2. The van der Waals surface area contributed by atoms with Crippen molar-refractivity contribution in [1.82, 2.24) is 0 Å². The Labute approximate surface area is 134 Å². The molecule has 0 bridgehead atoms. The van der Waals surface area contributed by atoms with E-state index in [1.165, 1.54) is 24.3 Å². The van der Waals surface area contributed by atoms with Crippen molar-refractivity contribution < 1.29 is 9.84 Å². The molecule has 0 N–H and O–H groups in total. The second-order valence-electron chi connectivity index (χ2n) is 3.52. The van der Waals surface area contributed by atoms with E-state index < -0.39 is 5.75 Å². The highest BCUT2D eigenvalue weighted by Crippen LogP contribution is 2.44. The first-order valence-electron chi connectivity index (χ1n) is 4.87. The van der Waals surface area contributed by atoms with Crippen LogP contribution in [-0.4, -0.2) is 0 Å². The zero-order valence-electron chi connectivity index (χ0n) is 9.02. The third-order valence-electron chi connectivity index (χ3n) is 2.15. The van der Waals surface area contributed by atoms with Gasteiger partial charge in [-0.3, -0.25) is 5.11 Å². The van der Waals surface area contributed by atoms with E-state index >= 15 is 0 Å². The number of hydrogen-bond donors (Lipinski definition) is 0. The van der Waals surface area contributed by atoms with Gasteiger partial charge in [0.15, 0.2) is 11.5 Å². The average Bonchev–Trinajstić information content (AvgIpc) is 2.29. The lowest BCUT2D eigenvalue weighted by Gasteiger charge is -2.11. The fourth-order valence-corrected chi connectivity index (χ4v) is 2.72. The van der Waals surface area contributed by atoms with Crippen LogP contribution in [0.1, 0.15) is 0 Å². The molecule has 0 fully saturated rings. The molecule has 0 amide bonds. The molecular weight excluding hydrogens is 353 g/mol. The number of rotatable bonds is 2. The van der Waals surface area contributed by atoms with E-state index in [0.29, 0.717) is 5.02 Å². The molecule has 0 unspecified atom stereocenters. The first-order valence-corrected chi connectivity index (χ1v) is 6.76. The molecule has 0 saturated heterocycles. The van der Waals surface area contributed by atoms with Gasteiger partial charge in [-0.05, 0) is 18.2 Å². The lowest BCUT2D eigenvalue weighted by molar-refractivity contribution is 0.329. The van der Waals surface area contributed by atoms with E-state index in [1.807, 2.05) is 0 Å². The summed E-state index contributed by atoms with van der Waals surface area (Å²) in [6.07, 6.45) is 0. The number of ether oxygens (including phenoxy) is 1. The summed E-state index contributed by atoms with van der Waals surface area (Å²) >= 11 is 29.2. The van der Waals surface area contributed by atoms with Crippen LogP contribution in [0, 0.1) is 0 Å². The maximum Gasteiger partial charge on any atom is 0.239 e. The summed E-state index contributed by atoms with van der Waals surface area (Å²) in [5.74, 6) is -0.458. The van der Waals surface area contributed by atoms with Crippen LogP contribution >= 0.6 is 58.0 Å². The second kappa shape index (κ2) is 5.86. The van der Waals surface area contributed by atoms with Crippen molar-refractivity contribution in [3.8, 4) is 17.2 Å². The van der Waals surface area contributed by atoms with Crippen molar-refractivity contribution in [1.29, 1.82) is 0 Å². The number of hydrogen-bond acceptors (Lipinski definition) is 1. The van der Waals surface area contributed by atoms with E-state index in [1.54, 1.807) is 0 Å². The molecule has 99 valence electrons. The van der Waals surface area contributed by atoms with Crippen LogP contribution in [0.5, 0.6) is 17.2 Å². The quantitative estimate of drug-likeness (QED) is 0.575. The first kappa shape index (κ1) is 14.9. The largest absolute Gasteiger partial charge is 0.450 e. The van der Waals surface area contributed by atoms with Gasteiger partial charge in [0, 0.05) is 16.1 Å². The van der Waals surface area contributed by atoms with Crippen molar-refractivity contribution in [2.75, 3.05) is 0 Å². The summed E-state index contributed by atoms with van der Waals surface area (Å²) in [4.78, 5) is 0. The maximum atomic E-state index is 11.8. The molecule has 2 rings (SSSR count). The van der Waals surface area contributed by atoms with Gasteiger partial charge in [0.1, 0.15) is 0 Å². The molecule has 0 aliphatic carbocycles. The van der Waals surface area contributed by atoms with Crippen LogP contribution < -0.4 is 4.74 Å². The third kappa shape index (κ3) is 3.33.